The Hall–Kier alpha value is -2.22. The van der Waals surface area contributed by atoms with Crippen molar-refractivity contribution < 1.29 is 9.59 Å². The summed E-state index contributed by atoms with van der Waals surface area (Å²) < 4.78 is 0. The van der Waals surface area contributed by atoms with Crippen molar-refractivity contribution in [2.24, 2.45) is 5.92 Å². The predicted octanol–water partition coefficient (Wildman–Crippen LogP) is 0.709. The molecule has 3 fully saturated rings. The number of likely N-dealkylation sites (tertiary alicyclic amines) is 3. The van der Waals surface area contributed by atoms with E-state index >= 15 is 0 Å². The highest BCUT2D eigenvalue weighted by atomic mass is 16.2. The molecule has 3 aliphatic heterocycles. The predicted molar refractivity (Wildman–Crippen MR) is 104 cm³/mol. The van der Waals surface area contributed by atoms with Crippen LogP contribution in [0.25, 0.3) is 0 Å². The van der Waals surface area contributed by atoms with Gasteiger partial charge in [0.1, 0.15) is 5.69 Å². The maximum atomic E-state index is 12.8. The Kier molecular flexibility index (Phi) is 5.75. The Morgan fingerprint density at radius 2 is 1.71 bits per heavy atom. The van der Waals surface area contributed by atoms with Crippen molar-refractivity contribution in [3.05, 3.63) is 28.4 Å². The maximum Gasteiger partial charge on any atom is 0.273 e. The number of nitrogens with one attached hydrogen (secondary N) is 1. The number of amides is 2. The summed E-state index contributed by atoms with van der Waals surface area (Å²) in [5, 5.41) is 0. The third-order valence-electron chi connectivity index (χ3n) is 6.38. The van der Waals surface area contributed by atoms with Crippen LogP contribution in [0.4, 0.5) is 0 Å². The highest BCUT2D eigenvalue weighted by Gasteiger charge is 2.34. The molecule has 2 amide bonds. The lowest BCUT2D eigenvalue weighted by Crippen LogP contribution is -2.51. The fourth-order valence-electron chi connectivity index (χ4n) is 4.79. The van der Waals surface area contributed by atoms with E-state index in [4.69, 9.17) is 0 Å². The standard InChI is InChI=1S/C20H29N5O3/c26-18-13-21-17(12-22-18)20(28)24-10-5-16(6-11-24)25-9-3-4-15(14-25)19(27)23-7-1-2-8-23/h12-13,15-16H,1-11,14H2,(H,22,26)/t15-/m0/s1. The molecular weight excluding hydrogens is 358 g/mol. The largest absolute Gasteiger partial charge is 0.342 e. The van der Waals surface area contributed by atoms with E-state index in [2.05, 4.69) is 14.9 Å². The first kappa shape index (κ1) is 19.1. The van der Waals surface area contributed by atoms with Gasteiger partial charge in [-0.2, -0.15) is 0 Å². The van der Waals surface area contributed by atoms with Gasteiger partial charge < -0.3 is 14.8 Å². The van der Waals surface area contributed by atoms with Gasteiger partial charge in [0, 0.05) is 45.0 Å². The van der Waals surface area contributed by atoms with Crippen LogP contribution in [-0.2, 0) is 4.79 Å². The molecule has 1 N–H and O–H groups in total. The molecule has 1 aromatic rings. The normalized spacial score (nSPS) is 24.5. The lowest BCUT2D eigenvalue weighted by Gasteiger charge is -2.42. The summed E-state index contributed by atoms with van der Waals surface area (Å²) in [6.07, 6.45) is 8.71. The summed E-state index contributed by atoms with van der Waals surface area (Å²) in [4.78, 5) is 49.2. The van der Waals surface area contributed by atoms with Gasteiger partial charge in [0.25, 0.3) is 11.5 Å². The fourth-order valence-corrected chi connectivity index (χ4v) is 4.79. The Morgan fingerprint density at radius 1 is 0.964 bits per heavy atom. The van der Waals surface area contributed by atoms with Crippen molar-refractivity contribution >= 4 is 11.8 Å². The van der Waals surface area contributed by atoms with Crippen molar-refractivity contribution in [3.63, 3.8) is 0 Å². The molecule has 4 heterocycles. The molecule has 4 rings (SSSR count). The SMILES string of the molecule is O=C(c1c[nH]c(=O)cn1)N1CCC(N2CCC[C@H](C(=O)N3CCCC3)C2)CC1. The van der Waals surface area contributed by atoms with Gasteiger partial charge in [0.2, 0.25) is 5.91 Å². The number of aromatic amines is 1. The van der Waals surface area contributed by atoms with Crippen LogP contribution in [0.3, 0.4) is 0 Å². The third-order valence-corrected chi connectivity index (χ3v) is 6.38. The average molecular weight is 387 g/mol. The van der Waals surface area contributed by atoms with Crippen LogP contribution in [0.2, 0.25) is 0 Å². The van der Waals surface area contributed by atoms with Crippen molar-refractivity contribution in [1.29, 1.82) is 0 Å². The molecule has 28 heavy (non-hydrogen) atoms. The van der Waals surface area contributed by atoms with E-state index in [1.807, 2.05) is 9.80 Å². The van der Waals surface area contributed by atoms with Crippen LogP contribution in [0, 0.1) is 5.92 Å². The van der Waals surface area contributed by atoms with Crippen molar-refractivity contribution in [1.82, 2.24) is 24.7 Å². The number of hydrogen-bond acceptors (Lipinski definition) is 5. The van der Waals surface area contributed by atoms with Crippen molar-refractivity contribution in [2.45, 2.75) is 44.6 Å². The minimum atomic E-state index is -0.307. The monoisotopic (exact) mass is 387 g/mol. The number of carbonyl (C=O) groups is 2. The van der Waals surface area contributed by atoms with Gasteiger partial charge in [0.15, 0.2) is 0 Å². The molecule has 0 unspecified atom stereocenters. The molecule has 3 aliphatic rings. The first-order valence-corrected chi connectivity index (χ1v) is 10.5. The minimum Gasteiger partial charge on any atom is -0.342 e. The van der Waals surface area contributed by atoms with Crippen LogP contribution in [0.15, 0.2) is 17.2 Å². The first-order chi connectivity index (χ1) is 13.6. The summed E-state index contributed by atoms with van der Waals surface area (Å²) in [7, 11) is 0. The molecule has 1 aromatic heterocycles. The molecule has 8 heteroatoms. The topological polar surface area (TPSA) is 89.6 Å². The lowest BCUT2D eigenvalue weighted by atomic mass is 9.93. The van der Waals surface area contributed by atoms with Crippen LogP contribution in [0.5, 0.6) is 0 Å². The van der Waals surface area contributed by atoms with Crippen LogP contribution in [-0.4, -0.2) is 81.8 Å². The van der Waals surface area contributed by atoms with E-state index in [9.17, 15) is 14.4 Å². The molecule has 0 bridgehead atoms. The van der Waals surface area contributed by atoms with E-state index in [0.717, 1.165) is 70.9 Å². The maximum absolute atomic E-state index is 12.8. The number of aromatic nitrogens is 2. The molecule has 8 nitrogen and oxygen atoms in total. The second-order valence-electron chi connectivity index (χ2n) is 8.19. The number of nitrogens with zero attached hydrogens (tertiary/aromatic N) is 4. The van der Waals surface area contributed by atoms with Gasteiger partial charge in [-0.3, -0.25) is 19.3 Å². The Bertz CT molecular complexity index is 745. The molecule has 3 saturated heterocycles. The van der Waals surface area contributed by atoms with E-state index in [1.165, 1.54) is 6.20 Å². The quantitative estimate of drug-likeness (QED) is 0.825. The molecule has 152 valence electrons. The van der Waals surface area contributed by atoms with E-state index in [-0.39, 0.29) is 23.1 Å². The molecule has 0 spiro atoms. The smallest absolute Gasteiger partial charge is 0.273 e. The Balaban J connectivity index is 1.30. The zero-order chi connectivity index (χ0) is 19.5. The Morgan fingerprint density at radius 3 is 2.39 bits per heavy atom. The summed E-state index contributed by atoms with van der Waals surface area (Å²) in [6, 6.07) is 0.432. The van der Waals surface area contributed by atoms with E-state index in [0.29, 0.717) is 25.0 Å². The van der Waals surface area contributed by atoms with Gasteiger partial charge in [-0.1, -0.05) is 0 Å². The highest BCUT2D eigenvalue weighted by molar-refractivity contribution is 5.92. The number of H-pyrrole nitrogens is 1. The molecule has 0 aromatic carbocycles. The molecular formula is C20H29N5O3. The second kappa shape index (κ2) is 8.43. The van der Waals surface area contributed by atoms with Crippen molar-refractivity contribution in [2.75, 3.05) is 39.3 Å². The van der Waals surface area contributed by atoms with Gasteiger partial charge in [-0.15, -0.1) is 0 Å². The number of carbonyl (C=O) groups excluding carboxylic acids is 2. The summed E-state index contributed by atoms with van der Waals surface area (Å²) in [5.74, 6) is 0.353. The third kappa shape index (κ3) is 4.11. The van der Waals surface area contributed by atoms with E-state index < -0.39 is 0 Å². The molecule has 0 aliphatic carbocycles. The zero-order valence-corrected chi connectivity index (χ0v) is 16.3. The summed E-state index contributed by atoms with van der Waals surface area (Å²) in [6.45, 7) is 5.12. The number of piperidine rings is 2. The minimum absolute atomic E-state index is 0.129. The highest BCUT2D eigenvalue weighted by Crippen LogP contribution is 2.26. The van der Waals surface area contributed by atoms with Crippen LogP contribution < -0.4 is 5.56 Å². The summed E-state index contributed by atoms with van der Waals surface area (Å²) in [5.41, 5.74) is -0.0225. The van der Waals surface area contributed by atoms with Crippen LogP contribution in [0.1, 0.15) is 49.0 Å². The number of hydrogen-bond donors (Lipinski definition) is 1. The molecule has 1 atom stereocenters. The Labute approximate surface area is 164 Å². The second-order valence-corrected chi connectivity index (χ2v) is 8.19. The van der Waals surface area contributed by atoms with E-state index in [1.54, 1.807) is 0 Å². The lowest BCUT2D eigenvalue weighted by molar-refractivity contribution is -0.136. The van der Waals surface area contributed by atoms with Gasteiger partial charge in [-0.25, -0.2) is 4.98 Å². The molecule has 0 radical (unpaired) electrons. The summed E-state index contributed by atoms with van der Waals surface area (Å²) >= 11 is 0. The average Bonchev–Trinajstić information content (AvgIpc) is 3.28. The van der Waals surface area contributed by atoms with Gasteiger partial charge >= 0.3 is 0 Å². The van der Waals surface area contributed by atoms with Gasteiger partial charge in [-0.05, 0) is 45.1 Å². The molecule has 0 saturated carbocycles. The van der Waals surface area contributed by atoms with Crippen molar-refractivity contribution in [3.8, 4) is 0 Å². The number of rotatable bonds is 3. The van der Waals surface area contributed by atoms with Gasteiger partial charge in [0.05, 0.1) is 12.1 Å². The fraction of sp³-hybridized carbons (Fsp3) is 0.700. The first-order valence-electron chi connectivity index (χ1n) is 10.5. The van der Waals surface area contributed by atoms with Crippen LogP contribution >= 0.6 is 0 Å². The zero-order valence-electron chi connectivity index (χ0n) is 16.3.